The first-order valence-corrected chi connectivity index (χ1v) is 8.78. The summed E-state index contributed by atoms with van der Waals surface area (Å²) in [7, 11) is 3.22. The Kier molecular flexibility index (Phi) is 5.13. The summed E-state index contributed by atoms with van der Waals surface area (Å²) in [6, 6.07) is 11.5. The van der Waals surface area contributed by atoms with Crippen LogP contribution in [0.25, 0.3) is 20.7 Å². The summed E-state index contributed by atoms with van der Waals surface area (Å²) in [5.41, 5.74) is 0.740. The number of nitrogens with zero attached hydrogens (tertiary/aromatic N) is 3. The standard InChI is InChI=1S/C18H18N4O3S/c1-21(2)16(24)9-19-15(23)10-22-11-20-17-13(18(22)25)8-14(26-17)12-6-4-3-5-7-12/h3-8,11H,9-10H2,1-2H3,(H,19,23). The lowest BCUT2D eigenvalue weighted by Gasteiger charge is -2.11. The highest BCUT2D eigenvalue weighted by molar-refractivity contribution is 7.21. The van der Waals surface area contributed by atoms with Gasteiger partial charge in [0.15, 0.2) is 0 Å². The van der Waals surface area contributed by atoms with Crippen LogP contribution in [0.5, 0.6) is 0 Å². The van der Waals surface area contributed by atoms with Crippen molar-refractivity contribution in [3.63, 3.8) is 0 Å². The summed E-state index contributed by atoms with van der Waals surface area (Å²) in [4.78, 5) is 43.4. The zero-order valence-corrected chi connectivity index (χ0v) is 15.2. The molecule has 7 nitrogen and oxygen atoms in total. The number of fused-ring (bicyclic) bond motifs is 1. The van der Waals surface area contributed by atoms with Crippen molar-refractivity contribution in [1.29, 1.82) is 0 Å². The summed E-state index contributed by atoms with van der Waals surface area (Å²) in [6.45, 7) is -0.286. The average Bonchev–Trinajstić information content (AvgIpc) is 3.08. The summed E-state index contributed by atoms with van der Waals surface area (Å²) in [5, 5.41) is 2.98. The van der Waals surface area contributed by atoms with Gasteiger partial charge in [0.1, 0.15) is 11.4 Å². The number of rotatable bonds is 5. The van der Waals surface area contributed by atoms with E-state index in [0.29, 0.717) is 10.2 Å². The first kappa shape index (κ1) is 17.8. The monoisotopic (exact) mass is 370 g/mol. The second-order valence-electron chi connectivity index (χ2n) is 5.94. The predicted octanol–water partition coefficient (Wildman–Crippen LogP) is 1.33. The third-order valence-electron chi connectivity index (χ3n) is 3.83. The van der Waals surface area contributed by atoms with Gasteiger partial charge in [-0.2, -0.15) is 0 Å². The van der Waals surface area contributed by atoms with Crippen LogP contribution in [0.2, 0.25) is 0 Å². The van der Waals surface area contributed by atoms with Crippen LogP contribution in [0, 0.1) is 0 Å². The molecular formula is C18H18N4O3S. The van der Waals surface area contributed by atoms with Crippen LogP contribution in [0.3, 0.4) is 0 Å². The maximum atomic E-state index is 12.6. The molecule has 134 valence electrons. The molecule has 8 heteroatoms. The molecule has 0 spiro atoms. The fourth-order valence-corrected chi connectivity index (χ4v) is 3.36. The first-order valence-electron chi connectivity index (χ1n) is 7.97. The smallest absolute Gasteiger partial charge is 0.262 e. The number of carbonyl (C=O) groups excluding carboxylic acids is 2. The maximum absolute atomic E-state index is 12.6. The van der Waals surface area contributed by atoms with E-state index < -0.39 is 5.91 Å². The molecule has 0 saturated heterocycles. The van der Waals surface area contributed by atoms with Gasteiger partial charge in [-0.25, -0.2) is 4.98 Å². The van der Waals surface area contributed by atoms with Gasteiger partial charge in [-0.05, 0) is 11.6 Å². The number of amides is 2. The Morgan fingerprint density at radius 2 is 1.96 bits per heavy atom. The van der Waals surface area contributed by atoms with Gasteiger partial charge >= 0.3 is 0 Å². The highest BCUT2D eigenvalue weighted by Crippen LogP contribution is 2.30. The van der Waals surface area contributed by atoms with Crippen LogP contribution in [0.4, 0.5) is 0 Å². The number of likely N-dealkylation sites (N-methyl/N-ethyl adjacent to an activating group) is 1. The fourth-order valence-electron chi connectivity index (χ4n) is 2.36. The number of thiophene rings is 1. The Morgan fingerprint density at radius 1 is 1.23 bits per heavy atom. The van der Waals surface area contributed by atoms with Crippen molar-refractivity contribution >= 4 is 33.4 Å². The minimum Gasteiger partial charge on any atom is -0.347 e. The van der Waals surface area contributed by atoms with E-state index in [0.717, 1.165) is 10.4 Å². The SMILES string of the molecule is CN(C)C(=O)CNC(=O)Cn1cnc2sc(-c3ccccc3)cc2c1=O. The molecule has 0 fully saturated rings. The highest BCUT2D eigenvalue weighted by Gasteiger charge is 2.13. The van der Waals surface area contributed by atoms with Crippen LogP contribution in [-0.4, -0.2) is 46.9 Å². The molecule has 2 amide bonds. The lowest BCUT2D eigenvalue weighted by atomic mass is 10.2. The zero-order chi connectivity index (χ0) is 18.7. The largest absolute Gasteiger partial charge is 0.347 e. The number of benzene rings is 1. The summed E-state index contributed by atoms with van der Waals surface area (Å²) < 4.78 is 1.25. The van der Waals surface area contributed by atoms with Gasteiger partial charge in [-0.3, -0.25) is 19.0 Å². The zero-order valence-electron chi connectivity index (χ0n) is 14.4. The van der Waals surface area contributed by atoms with Gasteiger partial charge in [0.05, 0.1) is 18.3 Å². The minimum atomic E-state index is -0.415. The Hall–Kier alpha value is -3.00. The normalized spacial score (nSPS) is 10.7. The van der Waals surface area contributed by atoms with Crippen LogP contribution < -0.4 is 10.9 Å². The van der Waals surface area contributed by atoms with Crippen LogP contribution >= 0.6 is 11.3 Å². The van der Waals surface area contributed by atoms with Crippen LogP contribution in [0.1, 0.15) is 0 Å². The molecule has 0 saturated carbocycles. The number of hydrogen-bond acceptors (Lipinski definition) is 5. The lowest BCUT2D eigenvalue weighted by molar-refractivity contribution is -0.131. The summed E-state index contributed by atoms with van der Waals surface area (Å²) in [6.07, 6.45) is 1.36. The molecule has 0 aliphatic carbocycles. The molecule has 1 N–H and O–H groups in total. The first-order chi connectivity index (χ1) is 12.5. The van der Waals surface area contributed by atoms with Gasteiger partial charge < -0.3 is 10.2 Å². The molecule has 0 radical (unpaired) electrons. The highest BCUT2D eigenvalue weighted by atomic mass is 32.1. The van der Waals surface area contributed by atoms with Gasteiger partial charge in [0.25, 0.3) is 5.56 Å². The van der Waals surface area contributed by atoms with E-state index in [4.69, 9.17) is 0 Å². The Bertz CT molecular complexity index is 1010. The third-order valence-corrected chi connectivity index (χ3v) is 4.92. The number of aromatic nitrogens is 2. The van der Waals surface area contributed by atoms with Crippen LogP contribution in [0.15, 0.2) is 47.5 Å². The van der Waals surface area contributed by atoms with Crippen molar-refractivity contribution in [3.05, 3.63) is 53.1 Å². The van der Waals surface area contributed by atoms with E-state index in [1.54, 1.807) is 20.2 Å². The third kappa shape index (κ3) is 3.80. The number of carbonyl (C=O) groups is 2. The topological polar surface area (TPSA) is 84.3 Å². The molecular weight excluding hydrogens is 352 g/mol. The predicted molar refractivity (Wildman–Crippen MR) is 101 cm³/mol. The van der Waals surface area contributed by atoms with Crippen molar-refractivity contribution in [2.75, 3.05) is 20.6 Å². The van der Waals surface area contributed by atoms with Crippen LogP contribution in [-0.2, 0) is 16.1 Å². The van der Waals surface area contributed by atoms with Crippen molar-refractivity contribution < 1.29 is 9.59 Å². The second kappa shape index (κ2) is 7.49. The lowest BCUT2D eigenvalue weighted by Crippen LogP contribution is -2.39. The second-order valence-corrected chi connectivity index (χ2v) is 6.97. The van der Waals surface area contributed by atoms with Crippen molar-refractivity contribution in [2.45, 2.75) is 6.54 Å². The van der Waals surface area contributed by atoms with E-state index in [-0.39, 0.29) is 24.6 Å². The molecule has 3 rings (SSSR count). The Balaban J connectivity index is 1.80. The van der Waals surface area contributed by atoms with Crippen molar-refractivity contribution in [1.82, 2.24) is 19.8 Å². The Labute approximate surface area is 153 Å². The maximum Gasteiger partial charge on any atom is 0.262 e. The van der Waals surface area contributed by atoms with E-state index in [1.165, 1.54) is 27.1 Å². The van der Waals surface area contributed by atoms with Crippen molar-refractivity contribution in [2.24, 2.45) is 0 Å². The number of nitrogens with one attached hydrogen (secondary N) is 1. The quantitative estimate of drug-likeness (QED) is 0.734. The molecule has 26 heavy (non-hydrogen) atoms. The molecule has 2 heterocycles. The molecule has 0 bridgehead atoms. The molecule has 0 unspecified atom stereocenters. The van der Waals surface area contributed by atoms with E-state index >= 15 is 0 Å². The summed E-state index contributed by atoms with van der Waals surface area (Å²) in [5.74, 6) is -0.633. The fraction of sp³-hybridized carbons (Fsp3) is 0.222. The molecule has 0 aliphatic heterocycles. The molecule has 0 atom stereocenters. The van der Waals surface area contributed by atoms with E-state index in [2.05, 4.69) is 10.3 Å². The molecule has 1 aromatic carbocycles. The molecule has 2 aromatic heterocycles. The average molecular weight is 370 g/mol. The summed E-state index contributed by atoms with van der Waals surface area (Å²) >= 11 is 1.43. The number of hydrogen-bond donors (Lipinski definition) is 1. The molecule has 3 aromatic rings. The van der Waals surface area contributed by atoms with Gasteiger partial charge in [-0.15, -0.1) is 11.3 Å². The minimum absolute atomic E-state index is 0.104. The van der Waals surface area contributed by atoms with E-state index in [1.807, 2.05) is 30.3 Å². The van der Waals surface area contributed by atoms with Crippen molar-refractivity contribution in [3.8, 4) is 10.4 Å². The van der Waals surface area contributed by atoms with E-state index in [9.17, 15) is 14.4 Å². The van der Waals surface area contributed by atoms with Gasteiger partial charge in [0.2, 0.25) is 11.8 Å². The molecule has 0 aliphatic rings. The van der Waals surface area contributed by atoms with Gasteiger partial charge in [-0.1, -0.05) is 30.3 Å². The van der Waals surface area contributed by atoms with Gasteiger partial charge in [0, 0.05) is 19.0 Å². The Morgan fingerprint density at radius 3 is 2.65 bits per heavy atom.